The Bertz CT molecular complexity index is 428. The molecule has 18 heavy (non-hydrogen) atoms. The molecule has 1 aromatic rings. The number of nitrogens with two attached hydrogens (primary N) is 1. The van der Waals surface area contributed by atoms with E-state index in [9.17, 15) is 0 Å². The minimum absolute atomic E-state index is 0.276. The molecule has 0 heterocycles. The molecule has 0 atom stereocenters. The number of rotatable bonds is 6. The second-order valence-corrected chi connectivity index (χ2v) is 4.55. The van der Waals surface area contributed by atoms with E-state index < -0.39 is 0 Å². The molecule has 1 aromatic carbocycles. The summed E-state index contributed by atoms with van der Waals surface area (Å²) in [6.07, 6.45) is 2.36. The SMILES string of the molecule is Cc1ccc(C)c(OCCCC/C(N)=N/O)c1C. The van der Waals surface area contributed by atoms with Gasteiger partial charge in [0.2, 0.25) is 0 Å². The van der Waals surface area contributed by atoms with Crippen LogP contribution in [0.4, 0.5) is 0 Å². The van der Waals surface area contributed by atoms with Gasteiger partial charge in [0.1, 0.15) is 11.6 Å². The molecule has 0 aliphatic rings. The zero-order valence-corrected chi connectivity index (χ0v) is 11.4. The molecule has 0 aromatic heterocycles. The normalized spacial score (nSPS) is 11.6. The van der Waals surface area contributed by atoms with Crippen molar-refractivity contribution in [2.24, 2.45) is 10.9 Å². The van der Waals surface area contributed by atoms with Gasteiger partial charge in [-0.05, 0) is 50.3 Å². The molecule has 0 saturated heterocycles. The molecule has 4 heteroatoms. The van der Waals surface area contributed by atoms with Crippen LogP contribution in [-0.2, 0) is 0 Å². The van der Waals surface area contributed by atoms with E-state index >= 15 is 0 Å². The third-order valence-corrected chi connectivity index (χ3v) is 3.08. The van der Waals surface area contributed by atoms with Gasteiger partial charge in [-0.1, -0.05) is 17.3 Å². The Morgan fingerprint density at radius 3 is 2.56 bits per heavy atom. The van der Waals surface area contributed by atoms with Crippen molar-refractivity contribution in [2.45, 2.75) is 40.0 Å². The first-order valence-corrected chi connectivity index (χ1v) is 6.22. The van der Waals surface area contributed by atoms with Crippen molar-refractivity contribution >= 4 is 5.84 Å². The van der Waals surface area contributed by atoms with Crippen LogP contribution in [0, 0.1) is 20.8 Å². The van der Waals surface area contributed by atoms with E-state index in [1.807, 2.05) is 0 Å². The number of benzene rings is 1. The molecule has 0 unspecified atom stereocenters. The molecule has 0 radical (unpaired) electrons. The van der Waals surface area contributed by atoms with Crippen molar-refractivity contribution in [2.75, 3.05) is 6.61 Å². The Balaban J connectivity index is 2.42. The fourth-order valence-corrected chi connectivity index (χ4v) is 1.78. The summed E-state index contributed by atoms with van der Waals surface area (Å²) >= 11 is 0. The standard InChI is InChI=1S/C14H22N2O2/c1-10-7-8-11(2)14(12(10)3)18-9-5-4-6-13(15)16-17/h7-8,17H,4-6,9H2,1-3H3,(H2,15,16). The molecule has 1 rings (SSSR count). The highest BCUT2D eigenvalue weighted by atomic mass is 16.5. The fraction of sp³-hybridized carbons (Fsp3) is 0.500. The Hall–Kier alpha value is -1.71. The van der Waals surface area contributed by atoms with Crippen LogP contribution in [0.3, 0.4) is 0 Å². The van der Waals surface area contributed by atoms with Crippen LogP contribution >= 0.6 is 0 Å². The van der Waals surface area contributed by atoms with Crippen LogP contribution in [0.1, 0.15) is 36.0 Å². The van der Waals surface area contributed by atoms with Crippen LogP contribution in [-0.4, -0.2) is 17.6 Å². The van der Waals surface area contributed by atoms with E-state index in [0.29, 0.717) is 13.0 Å². The number of nitrogens with zero attached hydrogens (tertiary/aromatic N) is 1. The smallest absolute Gasteiger partial charge is 0.139 e. The molecule has 0 spiro atoms. The first-order chi connectivity index (χ1) is 8.56. The van der Waals surface area contributed by atoms with Gasteiger partial charge in [-0.3, -0.25) is 0 Å². The van der Waals surface area contributed by atoms with E-state index in [1.54, 1.807) is 0 Å². The Morgan fingerprint density at radius 2 is 1.89 bits per heavy atom. The third-order valence-electron chi connectivity index (χ3n) is 3.08. The highest BCUT2D eigenvalue weighted by Gasteiger charge is 2.06. The van der Waals surface area contributed by atoms with Gasteiger partial charge < -0.3 is 15.7 Å². The lowest BCUT2D eigenvalue weighted by Crippen LogP contribution is -2.11. The molecule has 100 valence electrons. The van der Waals surface area contributed by atoms with Crippen LogP contribution in [0.25, 0.3) is 0 Å². The van der Waals surface area contributed by atoms with Gasteiger partial charge >= 0.3 is 0 Å². The van der Waals surface area contributed by atoms with Crippen LogP contribution in [0.15, 0.2) is 17.3 Å². The minimum Gasteiger partial charge on any atom is -0.493 e. The second-order valence-electron chi connectivity index (χ2n) is 4.55. The van der Waals surface area contributed by atoms with Crippen LogP contribution in [0.5, 0.6) is 5.75 Å². The molecule has 0 bridgehead atoms. The summed E-state index contributed by atoms with van der Waals surface area (Å²) in [5.74, 6) is 1.26. The predicted octanol–water partition coefficient (Wildman–Crippen LogP) is 2.91. The largest absolute Gasteiger partial charge is 0.493 e. The van der Waals surface area contributed by atoms with Crippen molar-refractivity contribution in [3.8, 4) is 5.75 Å². The van der Waals surface area contributed by atoms with Gasteiger partial charge in [0.05, 0.1) is 6.61 Å². The number of ether oxygens (including phenoxy) is 1. The minimum atomic E-state index is 0.276. The maximum absolute atomic E-state index is 8.40. The quantitative estimate of drug-likeness (QED) is 0.268. The zero-order chi connectivity index (χ0) is 13.5. The molecular formula is C14H22N2O2. The van der Waals surface area contributed by atoms with Crippen LogP contribution in [0.2, 0.25) is 0 Å². The number of hydrogen-bond acceptors (Lipinski definition) is 3. The van der Waals surface area contributed by atoms with Gasteiger partial charge in [-0.25, -0.2) is 0 Å². The lowest BCUT2D eigenvalue weighted by Gasteiger charge is -2.13. The van der Waals surface area contributed by atoms with Gasteiger partial charge in [0, 0.05) is 6.42 Å². The molecule has 0 fully saturated rings. The van der Waals surface area contributed by atoms with Gasteiger partial charge in [-0.15, -0.1) is 0 Å². The summed E-state index contributed by atoms with van der Waals surface area (Å²) in [5, 5.41) is 11.3. The van der Waals surface area contributed by atoms with Crippen molar-refractivity contribution in [3.63, 3.8) is 0 Å². The summed E-state index contributed by atoms with van der Waals surface area (Å²) < 4.78 is 5.82. The van der Waals surface area contributed by atoms with Crippen molar-refractivity contribution in [1.29, 1.82) is 0 Å². The van der Waals surface area contributed by atoms with E-state index in [2.05, 4.69) is 38.1 Å². The summed E-state index contributed by atoms with van der Waals surface area (Å²) in [4.78, 5) is 0. The molecule has 4 nitrogen and oxygen atoms in total. The Labute approximate surface area is 108 Å². The molecule has 0 aliphatic carbocycles. The third kappa shape index (κ3) is 3.95. The lowest BCUT2D eigenvalue weighted by atomic mass is 10.1. The topological polar surface area (TPSA) is 67.8 Å². The molecule has 3 N–H and O–H groups in total. The number of hydrogen-bond donors (Lipinski definition) is 2. The zero-order valence-electron chi connectivity index (χ0n) is 11.4. The number of unbranched alkanes of at least 4 members (excludes halogenated alkanes) is 1. The van der Waals surface area contributed by atoms with E-state index in [1.165, 1.54) is 11.1 Å². The highest BCUT2D eigenvalue weighted by molar-refractivity contribution is 5.79. The van der Waals surface area contributed by atoms with Crippen LogP contribution < -0.4 is 10.5 Å². The van der Waals surface area contributed by atoms with Crippen molar-refractivity contribution in [1.82, 2.24) is 0 Å². The first kappa shape index (κ1) is 14.4. The average molecular weight is 250 g/mol. The van der Waals surface area contributed by atoms with E-state index in [-0.39, 0.29) is 5.84 Å². The maximum Gasteiger partial charge on any atom is 0.139 e. The average Bonchev–Trinajstić information content (AvgIpc) is 2.37. The fourth-order valence-electron chi connectivity index (χ4n) is 1.78. The Morgan fingerprint density at radius 1 is 1.22 bits per heavy atom. The summed E-state index contributed by atoms with van der Waals surface area (Å²) in [5.41, 5.74) is 9.00. The number of amidine groups is 1. The van der Waals surface area contributed by atoms with Gasteiger partial charge in [-0.2, -0.15) is 0 Å². The van der Waals surface area contributed by atoms with Gasteiger partial charge in [0.25, 0.3) is 0 Å². The van der Waals surface area contributed by atoms with Crippen molar-refractivity contribution < 1.29 is 9.94 Å². The predicted molar refractivity (Wildman–Crippen MR) is 73.4 cm³/mol. The van der Waals surface area contributed by atoms with E-state index in [4.69, 9.17) is 15.7 Å². The number of aryl methyl sites for hydroxylation is 2. The lowest BCUT2D eigenvalue weighted by molar-refractivity contribution is 0.301. The highest BCUT2D eigenvalue weighted by Crippen LogP contribution is 2.25. The molecular weight excluding hydrogens is 228 g/mol. The monoisotopic (exact) mass is 250 g/mol. The summed E-state index contributed by atoms with van der Waals surface area (Å²) in [7, 11) is 0. The Kier molecular flexibility index (Phi) is 5.49. The second kappa shape index (κ2) is 6.89. The first-order valence-electron chi connectivity index (χ1n) is 6.22. The molecule has 0 amide bonds. The number of oxime groups is 1. The van der Waals surface area contributed by atoms with E-state index in [0.717, 1.165) is 24.2 Å². The van der Waals surface area contributed by atoms with Gasteiger partial charge in [0.15, 0.2) is 0 Å². The van der Waals surface area contributed by atoms with Crippen molar-refractivity contribution in [3.05, 3.63) is 28.8 Å². The summed E-state index contributed by atoms with van der Waals surface area (Å²) in [6.45, 7) is 6.87. The maximum atomic E-state index is 8.40. The molecule has 0 saturated carbocycles. The molecule has 0 aliphatic heterocycles. The summed E-state index contributed by atoms with van der Waals surface area (Å²) in [6, 6.07) is 4.18.